The molecule has 0 saturated heterocycles. The molecule has 10 heteroatoms. The molecule has 0 unspecified atom stereocenters. The SMILES string of the molecule is Cc1cccc(N2N=C(C(=O)NNC(=O)c3cncn3-c3ccc(F)cc3)CCC2=O)c1. The standard InChI is InChI=1S/C22H19FN6O3/c1-14-3-2-4-17(11-14)29-20(30)10-9-18(27-29)21(31)25-26-22(32)19-12-24-13-28(19)16-7-5-15(23)6-8-16/h2-8,11-13H,9-10H2,1H3,(H,25,31)(H,26,32). The fourth-order valence-electron chi connectivity index (χ4n) is 3.20. The Labute approximate surface area is 182 Å². The van der Waals surface area contributed by atoms with Gasteiger partial charge < -0.3 is 0 Å². The predicted octanol–water partition coefficient (Wildman–Crippen LogP) is 2.26. The number of anilines is 1. The number of rotatable bonds is 4. The van der Waals surface area contributed by atoms with Crippen molar-refractivity contribution in [3.8, 4) is 5.69 Å². The van der Waals surface area contributed by atoms with Crippen LogP contribution in [-0.4, -0.2) is 33.0 Å². The minimum atomic E-state index is -0.628. The molecule has 2 aromatic carbocycles. The molecule has 162 valence electrons. The third kappa shape index (κ3) is 4.38. The lowest BCUT2D eigenvalue weighted by Crippen LogP contribution is -2.47. The van der Waals surface area contributed by atoms with Gasteiger partial charge in [-0.25, -0.2) is 14.4 Å². The van der Waals surface area contributed by atoms with Crippen LogP contribution in [0.4, 0.5) is 10.1 Å². The van der Waals surface area contributed by atoms with Gasteiger partial charge in [0, 0.05) is 18.5 Å². The average molecular weight is 434 g/mol. The van der Waals surface area contributed by atoms with E-state index in [1.807, 2.05) is 13.0 Å². The second kappa shape index (κ2) is 8.80. The molecule has 2 heterocycles. The first-order valence-corrected chi connectivity index (χ1v) is 9.78. The van der Waals surface area contributed by atoms with E-state index in [1.54, 1.807) is 18.2 Å². The molecule has 1 aliphatic heterocycles. The van der Waals surface area contributed by atoms with E-state index < -0.39 is 17.6 Å². The van der Waals surface area contributed by atoms with Gasteiger partial charge in [0.2, 0.25) is 5.91 Å². The van der Waals surface area contributed by atoms with Gasteiger partial charge in [0.15, 0.2) is 0 Å². The largest absolute Gasteiger partial charge is 0.295 e. The van der Waals surface area contributed by atoms with Crippen LogP contribution in [0.5, 0.6) is 0 Å². The number of halogens is 1. The van der Waals surface area contributed by atoms with Gasteiger partial charge in [0.05, 0.1) is 18.2 Å². The molecule has 0 radical (unpaired) electrons. The van der Waals surface area contributed by atoms with Gasteiger partial charge in [-0.1, -0.05) is 12.1 Å². The van der Waals surface area contributed by atoms with Crippen molar-refractivity contribution < 1.29 is 18.8 Å². The number of amides is 3. The summed E-state index contributed by atoms with van der Waals surface area (Å²) in [5.74, 6) is -1.88. The van der Waals surface area contributed by atoms with E-state index in [4.69, 9.17) is 0 Å². The highest BCUT2D eigenvalue weighted by molar-refractivity contribution is 6.40. The second-order valence-electron chi connectivity index (χ2n) is 7.12. The first kappa shape index (κ1) is 20.9. The molecule has 0 spiro atoms. The molecular formula is C22H19FN6O3. The maximum Gasteiger partial charge on any atom is 0.288 e. The molecule has 3 amide bonds. The van der Waals surface area contributed by atoms with Crippen LogP contribution < -0.4 is 15.9 Å². The van der Waals surface area contributed by atoms with Crippen LogP contribution in [-0.2, 0) is 9.59 Å². The first-order chi connectivity index (χ1) is 15.4. The lowest BCUT2D eigenvalue weighted by atomic mass is 10.1. The van der Waals surface area contributed by atoms with E-state index in [2.05, 4.69) is 20.9 Å². The van der Waals surface area contributed by atoms with Crippen molar-refractivity contribution in [3.63, 3.8) is 0 Å². The molecule has 32 heavy (non-hydrogen) atoms. The Morgan fingerprint density at radius 3 is 2.50 bits per heavy atom. The van der Waals surface area contributed by atoms with Gasteiger partial charge in [-0.05, 0) is 48.9 Å². The van der Waals surface area contributed by atoms with E-state index >= 15 is 0 Å². The lowest BCUT2D eigenvalue weighted by Gasteiger charge is -2.23. The molecule has 4 rings (SSSR count). The van der Waals surface area contributed by atoms with Crippen LogP contribution >= 0.6 is 0 Å². The van der Waals surface area contributed by atoms with E-state index in [0.29, 0.717) is 11.4 Å². The highest BCUT2D eigenvalue weighted by Crippen LogP contribution is 2.21. The molecule has 2 N–H and O–H groups in total. The average Bonchev–Trinajstić information content (AvgIpc) is 3.28. The van der Waals surface area contributed by atoms with Crippen molar-refractivity contribution in [1.29, 1.82) is 0 Å². The molecule has 0 saturated carbocycles. The molecule has 0 fully saturated rings. The van der Waals surface area contributed by atoms with E-state index in [9.17, 15) is 18.8 Å². The smallest absolute Gasteiger partial charge is 0.288 e. The predicted molar refractivity (Wildman–Crippen MR) is 114 cm³/mol. The monoisotopic (exact) mass is 434 g/mol. The number of hydrazone groups is 1. The van der Waals surface area contributed by atoms with Gasteiger partial charge in [-0.2, -0.15) is 5.10 Å². The van der Waals surface area contributed by atoms with Crippen molar-refractivity contribution in [2.24, 2.45) is 5.10 Å². The number of benzene rings is 2. The third-order valence-electron chi connectivity index (χ3n) is 4.81. The van der Waals surface area contributed by atoms with E-state index in [1.165, 1.54) is 46.4 Å². The van der Waals surface area contributed by atoms with Gasteiger partial charge >= 0.3 is 0 Å². The van der Waals surface area contributed by atoms with Crippen LogP contribution in [0, 0.1) is 12.7 Å². The molecule has 0 atom stereocenters. The maximum atomic E-state index is 13.2. The van der Waals surface area contributed by atoms with Crippen molar-refractivity contribution in [3.05, 3.63) is 78.1 Å². The summed E-state index contributed by atoms with van der Waals surface area (Å²) in [5, 5.41) is 5.36. The quantitative estimate of drug-likeness (QED) is 0.614. The van der Waals surface area contributed by atoms with Gasteiger partial charge in [-0.15, -0.1) is 0 Å². The van der Waals surface area contributed by atoms with Crippen molar-refractivity contribution >= 4 is 29.1 Å². The number of hydrogen-bond donors (Lipinski definition) is 2. The van der Waals surface area contributed by atoms with Crippen molar-refractivity contribution in [2.75, 3.05) is 5.01 Å². The minimum Gasteiger partial charge on any atom is -0.295 e. The molecule has 3 aromatic rings. The summed E-state index contributed by atoms with van der Waals surface area (Å²) in [5.41, 5.74) is 6.93. The highest BCUT2D eigenvalue weighted by Gasteiger charge is 2.26. The Hall–Kier alpha value is -4.34. The van der Waals surface area contributed by atoms with Gasteiger partial charge in [-0.3, -0.25) is 29.8 Å². The number of aryl methyl sites for hydroxylation is 1. The highest BCUT2D eigenvalue weighted by atomic mass is 19.1. The molecule has 1 aliphatic rings. The Morgan fingerprint density at radius 2 is 1.75 bits per heavy atom. The Bertz CT molecular complexity index is 1220. The topological polar surface area (TPSA) is 109 Å². The van der Waals surface area contributed by atoms with E-state index in [-0.39, 0.29) is 30.2 Å². The van der Waals surface area contributed by atoms with Crippen LogP contribution in [0.25, 0.3) is 5.69 Å². The van der Waals surface area contributed by atoms with Crippen molar-refractivity contribution in [2.45, 2.75) is 19.8 Å². The summed E-state index contributed by atoms with van der Waals surface area (Å²) in [7, 11) is 0. The van der Waals surface area contributed by atoms with Crippen LogP contribution in [0.15, 0.2) is 66.2 Å². The molecular weight excluding hydrogens is 415 g/mol. The molecule has 0 bridgehead atoms. The Balaban J connectivity index is 1.45. The number of nitrogens with zero attached hydrogens (tertiary/aromatic N) is 4. The second-order valence-corrected chi connectivity index (χ2v) is 7.12. The van der Waals surface area contributed by atoms with Crippen LogP contribution in [0.3, 0.4) is 0 Å². The van der Waals surface area contributed by atoms with Crippen LogP contribution in [0.2, 0.25) is 0 Å². The van der Waals surface area contributed by atoms with Crippen molar-refractivity contribution in [1.82, 2.24) is 20.4 Å². The number of carbonyl (C=O) groups is 3. The summed E-state index contributed by atoms with van der Waals surface area (Å²) in [6.45, 7) is 1.89. The normalized spacial score (nSPS) is 13.5. The fraction of sp³-hybridized carbons (Fsp3) is 0.136. The van der Waals surface area contributed by atoms with Crippen LogP contribution in [0.1, 0.15) is 28.9 Å². The molecule has 0 aliphatic carbocycles. The molecule has 9 nitrogen and oxygen atoms in total. The first-order valence-electron chi connectivity index (χ1n) is 9.78. The summed E-state index contributed by atoms with van der Waals surface area (Å²) >= 11 is 0. The zero-order chi connectivity index (χ0) is 22.7. The summed E-state index contributed by atoms with van der Waals surface area (Å²) in [4.78, 5) is 41.3. The summed E-state index contributed by atoms with van der Waals surface area (Å²) < 4.78 is 14.6. The zero-order valence-corrected chi connectivity index (χ0v) is 17.1. The van der Waals surface area contributed by atoms with E-state index in [0.717, 1.165) is 5.56 Å². The maximum absolute atomic E-state index is 13.2. The minimum absolute atomic E-state index is 0.110. The lowest BCUT2D eigenvalue weighted by molar-refractivity contribution is -0.119. The Kier molecular flexibility index (Phi) is 5.75. The third-order valence-corrected chi connectivity index (χ3v) is 4.81. The summed E-state index contributed by atoms with van der Waals surface area (Å²) in [6, 6.07) is 12.7. The number of aromatic nitrogens is 2. The zero-order valence-electron chi connectivity index (χ0n) is 17.1. The summed E-state index contributed by atoms with van der Waals surface area (Å²) in [6.07, 6.45) is 2.99. The van der Waals surface area contributed by atoms with Gasteiger partial charge in [0.1, 0.15) is 17.2 Å². The number of nitrogens with one attached hydrogen (secondary N) is 2. The Morgan fingerprint density at radius 1 is 1.00 bits per heavy atom. The van der Waals surface area contributed by atoms with Gasteiger partial charge in [0.25, 0.3) is 11.8 Å². The number of carbonyl (C=O) groups excluding carboxylic acids is 3. The number of imidazole rings is 1. The number of hydrogen-bond acceptors (Lipinski definition) is 5. The molecule has 1 aromatic heterocycles. The number of hydrazine groups is 1. The fourth-order valence-corrected chi connectivity index (χ4v) is 3.20.